The number of ether oxygens (including phenoxy) is 1. The van der Waals surface area contributed by atoms with Crippen molar-refractivity contribution in [2.45, 2.75) is 11.8 Å². The number of benzene rings is 2. The number of amides is 2. The van der Waals surface area contributed by atoms with Gasteiger partial charge >= 0.3 is 0 Å². The van der Waals surface area contributed by atoms with E-state index in [-0.39, 0.29) is 11.8 Å². The van der Waals surface area contributed by atoms with Crippen molar-refractivity contribution in [3.05, 3.63) is 59.7 Å². The van der Waals surface area contributed by atoms with Gasteiger partial charge < -0.3 is 4.74 Å². The lowest BCUT2D eigenvalue weighted by molar-refractivity contribution is -0.124. The number of aryl methyl sites for hydroxylation is 1. The lowest BCUT2D eigenvalue weighted by Gasteiger charge is -2.35. The lowest BCUT2D eigenvalue weighted by atomic mass is 10.0. The summed E-state index contributed by atoms with van der Waals surface area (Å²) < 4.78 is 5.45. The zero-order chi connectivity index (χ0) is 20.0. The smallest absolute Gasteiger partial charge is 0.269 e. The van der Waals surface area contributed by atoms with E-state index >= 15 is 0 Å². The summed E-state index contributed by atoms with van der Waals surface area (Å²) in [7, 11) is 0. The average molecular weight is 410 g/mol. The zero-order valence-corrected chi connectivity index (χ0v) is 17.2. The number of nitrogens with zero attached hydrogens (tertiary/aromatic N) is 3. The second-order valence-corrected chi connectivity index (χ2v) is 8.79. The van der Waals surface area contributed by atoms with Gasteiger partial charge in [0.2, 0.25) is 10.8 Å². The number of anilines is 2. The highest BCUT2D eigenvalue weighted by atomic mass is 32.2. The summed E-state index contributed by atoms with van der Waals surface area (Å²) in [5.41, 5.74) is 3.63. The molecule has 2 saturated heterocycles. The van der Waals surface area contributed by atoms with Gasteiger partial charge in [0.25, 0.3) is 5.91 Å². The first-order valence-electron chi connectivity index (χ1n) is 9.86. The van der Waals surface area contributed by atoms with Gasteiger partial charge in [-0.25, -0.2) is 0 Å². The molecule has 0 unspecified atom stereocenters. The first-order valence-corrected chi connectivity index (χ1v) is 10.8. The van der Waals surface area contributed by atoms with Gasteiger partial charge in [0.05, 0.1) is 31.3 Å². The number of carbonyl (C=O) groups excluding carboxylic acids is 2. The summed E-state index contributed by atoms with van der Waals surface area (Å²) >= 11 is 1.43. The zero-order valence-electron chi connectivity index (χ0n) is 16.3. The molecular formula is C22H23N3O3S. The standard InChI is InChI=1S/C22H23N3O3S/c1-16-5-4-6-17(13-16)25-20(26)14-29-22(25)18-7-2-3-8-19(18)24(21(22)27)15-23-9-11-28-12-10-23/h2-8,13H,9-12,14-15H2,1H3/t22-/m0/s1. The molecular weight excluding hydrogens is 386 g/mol. The molecule has 0 aromatic heterocycles. The van der Waals surface area contributed by atoms with Crippen LogP contribution in [-0.2, 0) is 19.2 Å². The van der Waals surface area contributed by atoms with Crippen molar-refractivity contribution >= 4 is 35.0 Å². The highest BCUT2D eigenvalue weighted by Crippen LogP contribution is 2.55. The van der Waals surface area contributed by atoms with E-state index in [1.54, 1.807) is 4.90 Å². The number of carbonyl (C=O) groups is 2. The molecule has 0 radical (unpaired) electrons. The summed E-state index contributed by atoms with van der Waals surface area (Å²) in [4.78, 5) is 31.7. The van der Waals surface area contributed by atoms with Crippen molar-refractivity contribution < 1.29 is 14.3 Å². The second-order valence-electron chi connectivity index (χ2n) is 7.62. The van der Waals surface area contributed by atoms with Gasteiger partial charge in [0.15, 0.2) is 0 Å². The molecule has 7 heteroatoms. The molecule has 2 fully saturated rings. The number of hydrogen-bond acceptors (Lipinski definition) is 5. The Morgan fingerprint density at radius 1 is 1.07 bits per heavy atom. The third-order valence-electron chi connectivity index (χ3n) is 5.77. The van der Waals surface area contributed by atoms with Crippen LogP contribution in [0.1, 0.15) is 11.1 Å². The molecule has 3 aliphatic heterocycles. The fourth-order valence-corrected chi connectivity index (χ4v) is 5.76. The Labute approximate surface area is 174 Å². The van der Waals surface area contributed by atoms with E-state index in [9.17, 15) is 9.59 Å². The van der Waals surface area contributed by atoms with Gasteiger partial charge in [0.1, 0.15) is 0 Å². The van der Waals surface area contributed by atoms with Crippen LogP contribution < -0.4 is 9.80 Å². The van der Waals surface area contributed by atoms with Crippen molar-refractivity contribution in [3.8, 4) is 0 Å². The normalized spacial score (nSPS) is 24.6. The highest BCUT2D eigenvalue weighted by molar-refractivity contribution is 8.02. The second kappa shape index (κ2) is 7.16. The predicted octanol–water partition coefficient (Wildman–Crippen LogP) is 2.56. The monoisotopic (exact) mass is 409 g/mol. The SMILES string of the molecule is Cc1cccc(N2C(=O)CS[C@@]23C(=O)N(CN2CCOCC2)c2ccccc23)c1. The van der Waals surface area contributed by atoms with Gasteiger partial charge in [-0.3, -0.25) is 24.3 Å². The topological polar surface area (TPSA) is 53.1 Å². The Bertz CT molecular complexity index is 975. The van der Waals surface area contributed by atoms with E-state index in [1.165, 1.54) is 11.8 Å². The van der Waals surface area contributed by atoms with Crippen LogP contribution in [0.15, 0.2) is 48.5 Å². The first kappa shape index (κ1) is 18.7. The molecule has 2 amide bonds. The number of morpholine rings is 1. The van der Waals surface area contributed by atoms with Crippen molar-refractivity contribution in [1.29, 1.82) is 0 Å². The minimum Gasteiger partial charge on any atom is -0.379 e. The summed E-state index contributed by atoms with van der Waals surface area (Å²) in [5, 5.41) is 0. The van der Waals surface area contributed by atoms with Gasteiger partial charge in [-0.05, 0) is 30.7 Å². The summed E-state index contributed by atoms with van der Waals surface area (Å²) in [6, 6.07) is 15.7. The van der Waals surface area contributed by atoms with Crippen LogP contribution in [0.4, 0.5) is 11.4 Å². The fraction of sp³-hybridized carbons (Fsp3) is 0.364. The van der Waals surface area contributed by atoms with E-state index in [1.807, 2.05) is 60.4 Å². The minimum absolute atomic E-state index is 0.0306. The summed E-state index contributed by atoms with van der Waals surface area (Å²) in [6.07, 6.45) is 0. The van der Waals surface area contributed by atoms with Gasteiger partial charge in [-0.2, -0.15) is 0 Å². The van der Waals surface area contributed by atoms with Gasteiger partial charge in [0, 0.05) is 24.3 Å². The van der Waals surface area contributed by atoms with E-state index in [4.69, 9.17) is 4.74 Å². The maximum absolute atomic E-state index is 13.9. The molecule has 1 spiro atoms. The lowest BCUT2D eigenvalue weighted by Crippen LogP contribution is -2.52. The Morgan fingerprint density at radius 3 is 2.66 bits per heavy atom. The van der Waals surface area contributed by atoms with Crippen molar-refractivity contribution in [1.82, 2.24) is 4.90 Å². The number of hydrogen-bond donors (Lipinski definition) is 0. The summed E-state index contributed by atoms with van der Waals surface area (Å²) in [5.74, 6) is 0.221. The molecule has 2 aromatic carbocycles. The fourth-order valence-electron chi connectivity index (χ4n) is 4.41. The summed E-state index contributed by atoms with van der Waals surface area (Å²) in [6.45, 7) is 5.46. The van der Waals surface area contributed by atoms with Crippen molar-refractivity contribution in [2.24, 2.45) is 0 Å². The maximum atomic E-state index is 13.9. The Morgan fingerprint density at radius 2 is 1.86 bits per heavy atom. The third kappa shape index (κ3) is 2.87. The number of para-hydroxylation sites is 1. The molecule has 0 aliphatic carbocycles. The Hall–Kier alpha value is -2.35. The van der Waals surface area contributed by atoms with Crippen LogP contribution in [0.2, 0.25) is 0 Å². The van der Waals surface area contributed by atoms with Crippen molar-refractivity contribution in [2.75, 3.05) is 48.5 Å². The molecule has 150 valence electrons. The molecule has 6 nitrogen and oxygen atoms in total. The molecule has 3 aliphatic rings. The third-order valence-corrected chi connectivity index (χ3v) is 7.15. The Balaban J connectivity index is 1.60. The molecule has 2 aromatic rings. The molecule has 29 heavy (non-hydrogen) atoms. The minimum atomic E-state index is -1.03. The van der Waals surface area contributed by atoms with Crippen LogP contribution in [0, 0.1) is 6.92 Å². The van der Waals surface area contributed by atoms with E-state index in [2.05, 4.69) is 4.90 Å². The molecule has 1 atom stereocenters. The molecule has 0 saturated carbocycles. The van der Waals surface area contributed by atoms with E-state index in [0.717, 1.165) is 35.6 Å². The number of thioether (sulfide) groups is 1. The van der Waals surface area contributed by atoms with Crippen LogP contribution >= 0.6 is 11.8 Å². The highest BCUT2D eigenvalue weighted by Gasteiger charge is 2.61. The van der Waals surface area contributed by atoms with E-state index < -0.39 is 4.87 Å². The van der Waals surface area contributed by atoms with Crippen LogP contribution in [0.3, 0.4) is 0 Å². The van der Waals surface area contributed by atoms with Gasteiger partial charge in [-0.15, -0.1) is 11.8 Å². The first-order chi connectivity index (χ1) is 14.1. The number of rotatable bonds is 3. The maximum Gasteiger partial charge on any atom is 0.269 e. The molecule has 0 bridgehead atoms. The average Bonchev–Trinajstić information content (AvgIpc) is 3.20. The number of fused-ring (bicyclic) bond motifs is 2. The van der Waals surface area contributed by atoms with Crippen molar-refractivity contribution in [3.63, 3.8) is 0 Å². The van der Waals surface area contributed by atoms with Gasteiger partial charge in [-0.1, -0.05) is 30.3 Å². The largest absolute Gasteiger partial charge is 0.379 e. The molecule has 0 N–H and O–H groups in total. The molecule has 5 rings (SSSR count). The van der Waals surface area contributed by atoms with E-state index in [0.29, 0.717) is 25.6 Å². The van der Waals surface area contributed by atoms with Crippen LogP contribution in [0.25, 0.3) is 0 Å². The van der Waals surface area contributed by atoms with Crippen LogP contribution in [-0.4, -0.2) is 55.4 Å². The van der Waals surface area contributed by atoms with Crippen LogP contribution in [0.5, 0.6) is 0 Å². The quantitative estimate of drug-likeness (QED) is 0.780. The Kier molecular flexibility index (Phi) is 4.61. The predicted molar refractivity (Wildman–Crippen MR) is 114 cm³/mol. The molecule has 3 heterocycles.